The first kappa shape index (κ1) is 18.2. The molecule has 0 radical (unpaired) electrons. The zero-order valence-electron chi connectivity index (χ0n) is 15.5. The molecular weight excluding hydrogens is 350 g/mol. The molecule has 0 spiro atoms. The van der Waals surface area contributed by atoms with Crippen molar-refractivity contribution < 1.29 is 19.0 Å². The van der Waals surface area contributed by atoms with E-state index in [2.05, 4.69) is 20.2 Å². The number of carbonyl (C=O) groups is 1. The van der Waals surface area contributed by atoms with E-state index >= 15 is 0 Å². The Morgan fingerprint density at radius 3 is 2.56 bits per heavy atom. The molecule has 0 atom stereocenters. The quantitative estimate of drug-likeness (QED) is 0.794. The lowest BCUT2D eigenvalue weighted by molar-refractivity contribution is -0.105. The Kier molecular flexibility index (Phi) is 5.88. The molecule has 1 aromatic heterocycles. The fourth-order valence-electron chi connectivity index (χ4n) is 3.43. The number of rotatable bonds is 5. The lowest BCUT2D eigenvalue weighted by atomic mass is 9.98. The standard InChI is InChI=1S/C18H27N5O4/c24-18(27-15-12-25-13-15)23-5-1-14(2-6-23)11-26-17-10-20-16(9-21-17)22-7-3-19-4-8-22/h9-10,14-15,19H,1-8,11-13H2. The SMILES string of the molecule is O=C(OC1COC1)N1CCC(COc2cnc(N3CCNCC3)cn2)CC1. The van der Waals surface area contributed by atoms with Gasteiger partial charge in [-0.3, -0.25) is 0 Å². The monoisotopic (exact) mass is 377 g/mol. The van der Waals surface area contributed by atoms with Crippen molar-refractivity contribution in [2.24, 2.45) is 5.92 Å². The highest BCUT2D eigenvalue weighted by Gasteiger charge is 2.28. The molecule has 0 bridgehead atoms. The van der Waals surface area contributed by atoms with Crippen LogP contribution in [0.5, 0.6) is 5.88 Å². The van der Waals surface area contributed by atoms with Crippen LogP contribution in [0.25, 0.3) is 0 Å². The van der Waals surface area contributed by atoms with Gasteiger partial charge >= 0.3 is 6.09 Å². The van der Waals surface area contributed by atoms with Crippen molar-refractivity contribution in [1.82, 2.24) is 20.2 Å². The summed E-state index contributed by atoms with van der Waals surface area (Å²) in [5, 5.41) is 3.33. The van der Waals surface area contributed by atoms with Gasteiger partial charge in [-0.2, -0.15) is 0 Å². The minimum absolute atomic E-state index is 0.0682. The van der Waals surface area contributed by atoms with Crippen molar-refractivity contribution >= 4 is 11.9 Å². The molecule has 4 heterocycles. The third-order valence-corrected chi connectivity index (χ3v) is 5.27. The normalized spacial score (nSPS) is 21.6. The van der Waals surface area contributed by atoms with Crippen LogP contribution in [-0.4, -0.2) is 86.2 Å². The summed E-state index contributed by atoms with van der Waals surface area (Å²) in [6, 6.07) is 0. The first-order valence-corrected chi connectivity index (χ1v) is 9.72. The second-order valence-electron chi connectivity index (χ2n) is 7.23. The number of nitrogens with zero attached hydrogens (tertiary/aromatic N) is 4. The van der Waals surface area contributed by atoms with Crippen molar-refractivity contribution in [3.63, 3.8) is 0 Å². The Bertz CT molecular complexity index is 611. The summed E-state index contributed by atoms with van der Waals surface area (Å²) >= 11 is 0. The molecule has 4 rings (SSSR count). The second kappa shape index (κ2) is 8.71. The highest BCUT2D eigenvalue weighted by atomic mass is 16.6. The van der Waals surface area contributed by atoms with Gasteiger partial charge in [0.15, 0.2) is 6.10 Å². The van der Waals surface area contributed by atoms with Crippen LogP contribution in [0.4, 0.5) is 10.6 Å². The largest absolute Gasteiger partial charge is 0.476 e. The third-order valence-electron chi connectivity index (χ3n) is 5.27. The van der Waals surface area contributed by atoms with Crippen LogP contribution in [0.2, 0.25) is 0 Å². The highest BCUT2D eigenvalue weighted by molar-refractivity contribution is 5.68. The Balaban J connectivity index is 1.18. The molecule has 0 saturated carbocycles. The average Bonchev–Trinajstić information content (AvgIpc) is 2.70. The zero-order chi connectivity index (χ0) is 18.5. The van der Waals surface area contributed by atoms with Crippen LogP contribution in [0.15, 0.2) is 12.4 Å². The fourth-order valence-corrected chi connectivity index (χ4v) is 3.43. The van der Waals surface area contributed by atoms with Gasteiger partial charge in [-0.15, -0.1) is 0 Å². The number of ether oxygens (including phenoxy) is 3. The first-order chi connectivity index (χ1) is 13.3. The van der Waals surface area contributed by atoms with Crippen LogP contribution in [0.3, 0.4) is 0 Å². The van der Waals surface area contributed by atoms with E-state index in [4.69, 9.17) is 14.2 Å². The van der Waals surface area contributed by atoms with E-state index in [9.17, 15) is 4.79 Å². The fraction of sp³-hybridized carbons (Fsp3) is 0.722. The second-order valence-corrected chi connectivity index (χ2v) is 7.23. The number of piperidine rings is 1. The number of anilines is 1. The maximum atomic E-state index is 12.0. The summed E-state index contributed by atoms with van der Waals surface area (Å²) in [5.74, 6) is 1.86. The first-order valence-electron chi connectivity index (χ1n) is 9.72. The number of likely N-dealkylation sites (tertiary alicyclic amines) is 1. The van der Waals surface area contributed by atoms with Gasteiger partial charge in [0, 0.05) is 39.3 Å². The predicted molar refractivity (Wildman–Crippen MR) is 98.0 cm³/mol. The van der Waals surface area contributed by atoms with E-state index in [0.29, 0.717) is 44.7 Å². The summed E-state index contributed by atoms with van der Waals surface area (Å²) in [6.07, 6.45) is 5.00. The van der Waals surface area contributed by atoms with Gasteiger partial charge in [-0.25, -0.2) is 14.8 Å². The van der Waals surface area contributed by atoms with Crippen LogP contribution < -0.4 is 15.0 Å². The Morgan fingerprint density at radius 1 is 1.15 bits per heavy atom. The molecule has 0 aromatic carbocycles. The summed E-state index contributed by atoms with van der Waals surface area (Å²) in [6.45, 7) is 6.88. The van der Waals surface area contributed by atoms with Gasteiger partial charge in [0.05, 0.1) is 32.2 Å². The molecule has 3 saturated heterocycles. The van der Waals surface area contributed by atoms with E-state index in [0.717, 1.165) is 44.8 Å². The summed E-state index contributed by atoms with van der Waals surface area (Å²) in [4.78, 5) is 24.9. The molecule has 3 aliphatic rings. The summed E-state index contributed by atoms with van der Waals surface area (Å²) in [5.41, 5.74) is 0. The number of hydrogen-bond acceptors (Lipinski definition) is 8. The van der Waals surface area contributed by atoms with Gasteiger partial charge in [0.1, 0.15) is 5.82 Å². The van der Waals surface area contributed by atoms with E-state index in [1.54, 1.807) is 17.3 Å². The molecular formula is C18H27N5O4. The molecule has 3 fully saturated rings. The van der Waals surface area contributed by atoms with Gasteiger partial charge in [0.2, 0.25) is 5.88 Å². The van der Waals surface area contributed by atoms with Crippen molar-refractivity contribution in [3.05, 3.63) is 12.4 Å². The number of nitrogens with one attached hydrogen (secondary N) is 1. The average molecular weight is 377 g/mol. The Labute approximate surface area is 159 Å². The van der Waals surface area contributed by atoms with E-state index in [1.807, 2.05) is 0 Å². The maximum absolute atomic E-state index is 12.0. The number of hydrogen-bond donors (Lipinski definition) is 1. The molecule has 1 N–H and O–H groups in total. The van der Waals surface area contributed by atoms with Gasteiger partial charge in [-0.1, -0.05) is 0 Å². The van der Waals surface area contributed by atoms with Gasteiger partial charge < -0.3 is 29.3 Å². The van der Waals surface area contributed by atoms with Crippen molar-refractivity contribution in [1.29, 1.82) is 0 Å². The molecule has 1 amide bonds. The predicted octanol–water partition coefficient (Wildman–Crippen LogP) is 0.512. The Morgan fingerprint density at radius 2 is 1.93 bits per heavy atom. The van der Waals surface area contributed by atoms with Crippen molar-refractivity contribution in [2.75, 3.05) is 64.0 Å². The topological polar surface area (TPSA) is 89.0 Å². The van der Waals surface area contributed by atoms with Crippen LogP contribution in [0, 0.1) is 5.92 Å². The van der Waals surface area contributed by atoms with Crippen molar-refractivity contribution in [2.45, 2.75) is 18.9 Å². The lowest BCUT2D eigenvalue weighted by Crippen LogP contribution is -2.45. The zero-order valence-corrected chi connectivity index (χ0v) is 15.5. The van der Waals surface area contributed by atoms with E-state index < -0.39 is 0 Å². The lowest BCUT2D eigenvalue weighted by Gasteiger charge is -2.33. The molecule has 148 valence electrons. The minimum Gasteiger partial charge on any atom is -0.476 e. The van der Waals surface area contributed by atoms with Crippen molar-refractivity contribution in [3.8, 4) is 5.88 Å². The molecule has 27 heavy (non-hydrogen) atoms. The molecule has 0 aliphatic carbocycles. The Hall–Kier alpha value is -2.13. The van der Waals surface area contributed by atoms with Crippen LogP contribution in [0.1, 0.15) is 12.8 Å². The van der Waals surface area contributed by atoms with Gasteiger partial charge in [0.25, 0.3) is 0 Å². The molecule has 9 nitrogen and oxygen atoms in total. The minimum atomic E-state index is -0.225. The number of carbonyl (C=O) groups excluding carboxylic acids is 1. The summed E-state index contributed by atoms with van der Waals surface area (Å²) in [7, 11) is 0. The van der Waals surface area contributed by atoms with Gasteiger partial charge in [-0.05, 0) is 18.8 Å². The molecule has 3 aliphatic heterocycles. The molecule has 1 aromatic rings. The highest BCUT2D eigenvalue weighted by Crippen LogP contribution is 2.20. The van der Waals surface area contributed by atoms with Crippen LogP contribution in [-0.2, 0) is 9.47 Å². The maximum Gasteiger partial charge on any atom is 0.410 e. The van der Waals surface area contributed by atoms with Crippen LogP contribution >= 0.6 is 0 Å². The van der Waals surface area contributed by atoms with E-state index in [1.165, 1.54) is 0 Å². The number of amides is 1. The number of aromatic nitrogens is 2. The summed E-state index contributed by atoms with van der Waals surface area (Å²) < 4.78 is 16.2. The third kappa shape index (κ3) is 4.78. The molecule has 0 unspecified atom stereocenters. The molecule has 9 heteroatoms. The van der Waals surface area contributed by atoms with E-state index in [-0.39, 0.29) is 12.2 Å². The smallest absolute Gasteiger partial charge is 0.410 e. The number of piperazine rings is 1.